The summed E-state index contributed by atoms with van der Waals surface area (Å²) in [5.41, 5.74) is 2.37. The average molecular weight is 439 g/mol. The molecule has 32 heavy (non-hydrogen) atoms. The second-order valence-electron chi connectivity index (χ2n) is 8.12. The van der Waals surface area contributed by atoms with Crippen molar-refractivity contribution in [3.8, 4) is 0 Å². The number of carbonyl (C=O) groups excluding carboxylic acids is 2. The zero-order valence-electron chi connectivity index (χ0n) is 18.5. The number of benzene rings is 2. The SMILES string of the molecule is C[C@H](NC(=O)C(Cc1ccccc1)NC(=O)c1ccc(N2CCN(C)CC2)cc1)C(=O)O. The van der Waals surface area contributed by atoms with Gasteiger partial charge in [0.15, 0.2) is 0 Å². The van der Waals surface area contributed by atoms with Gasteiger partial charge in [-0.05, 0) is 43.8 Å². The highest BCUT2D eigenvalue weighted by atomic mass is 16.4. The van der Waals surface area contributed by atoms with E-state index < -0.39 is 24.0 Å². The third kappa shape index (κ3) is 6.31. The fourth-order valence-electron chi connectivity index (χ4n) is 3.56. The van der Waals surface area contributed by atoms with Crippen molar-refractivity contribution >= 4 is 23.5 Å². The summed E-state index contributed by atoms with van der Waals surface area (Å²) < 4.78 is 0. The van der Waals surface area contributed by atoms with Crippen LogP contribution in [0.1, 0.15) is 22.8 Å². The van der Waals surface area contributed by atoms with Gasteiger partial charge in [-0.1, -0.05) is 30.3 Å². The Balaban J connectivity index is 1.69. The van der Waals surface area contributed by atoms with Crippen molar-refractivity contribution in [1.82, 2.24) is 15.5 Å². The van der Waals surface area contributed by atoms with Crippen LogP contribution in [0.15, 0.2) is 54.6 Å². The molecule has 1 unspecified atom stereocenters. The number of piperazine rings is 1. The highest BCUT2D eigenvalue weighted by Gasteiger charge is 2.25. The quantitative estimate of drug-likeness (QED) is 0.575. The van der Waals surface area contributed by atoms with Crippen LogP contribution in [0, 0.1) is 0 Å². The number of hydrogen-bond donors (Lipinski definition) is 3. The number of nitrogens with zero attached hydrogens (tertiary/aromatic N) is 2. The lowest BCUT2D eigenvalue weighted by molar-refractivity contribution is -0.141. The van der Waals surface area contributed by atoms with E-state index in [-0.39, 0.29) is 12.3 Å². The van der Waals surface area contributed by atoms with Gasteiger partial charge in [-0.15, -0.1) is 0 Å². The van der Waals surface area contributed by atoms with Crippen molar-refractivity contribution in [2.75, 3.05) is 38.1 Å². The van der Waals surface area contributed by atoms with E-state index in [1.54, 1.807) is 12.1 Å². The van der Waals surface area contributed by atoms with Gasteiger partial charge in [0.05, 0.1) is 0 Å². The molecule has 1 saturated heterocycles. The topological polar surface area (TPSA) is 102 Å². The van der Waals surface area contributed by atoms with Gasteiger partial charge in [0.1, 0.15) is 12.1 Å². The molecule has 0 aliphatic carbocycles. The summed E-state index contributed by atoms with van der Waals surface area (Å²) >= 11 is 0. The van der Waals surface area contributed by atoms with E-state index in [0.29, 0.717) is 5.56 Å². The lowest BCUT2D eigenvalue weighted by atomic mass is 10.0. The summed E-state index contributed by atoms with van der Waals surface area (Å²) in [6.07, 6.45) is 0.254. The Labute approximate surface area is 188 Å². The first-order valence-electron chi connectivity index (χ1n) is 10.7. The summed E-state index contributed by atoms with van der Waals surface area (Å²) in [7, 11) is 2.10. The second kappa shape index (κ2) is 10.8. The zero-order chi connectivity index (χ0) is 23.1. The van der Waals surface area contributed by atoms with Gasteiger partial charge in [-0.3, -0.25) is 14.4 Å². The Morgan fingerprint density at radius 2 is 1.56 bits per heavy atom. The molecule has 3 N–H and O–H groups in total. The molecular weight excluding hydrogens is 408 g/mol. The molecule has 3 rings (SSSR count). The molecule has 2 amide bonds. The summed E-state index contributed by atoms with van der Waals surface area (Å²) in [5.74, 6) is -2.05. The standard InChI is InChI=1S/C24H30N4O4/c1-17(24(31)32)25-23(30)21(16-18-6-4-3-5-7-18)26-22(29)19-8-10-20(11-9-19)28-14-12-27(2)13-15-28/h3-11,17,21H,12-16H2,1-2H3,(H,25,30)(H,26,29)(H,31,32)/t17-,21?/m0/s1. The highest BCUT2D eigenvalue weighted by Crippen LogP contribution is 2.17. The zero-order valence-corrected chi connectivity index (χ0v) is 18.5. The van der Waals surface area contributed by atoms with Gasteiger partial charge in [0.25, 0.3) is 5.91 Å². The number of hydrogen-bond acceptors (Lipinski definition) is 5. The fourth-order valence-corrected chi connectivity index (χ4v) is 3.56. The predicted molar refractivity (Wildman–Crippen MR) is 123 cm³/mol. The van der Waals surface area contributed by atoms with Crippen LogP contribution in [-0.2, 0) is 16.0 Å². The average Bonchev–Trinajstić information content (AvgIpc) is 2.79. The van der Waals surface area contributed by atoms with E-state index in [4.69, 9.17) is 5.11 Å². The molecule has 0 bridgehead atoms. The molecule has 0 spiro atoms. The Morgan fingerprint density at radius 3 is 2.16 bits per heavy atom. The smallest absolute Gasteiger partial charge is 0.325 e. The summed E-state index contributed by atoms with van der Waals surface area (Å²) in [6.45, 7) is 5.24. The number of carboxylic acids is 1. The summed E-state index contributed by atoms with van der Waals surface area (Å²) in [4.78, 5) is 41.3. The Bertz CT molecular complexity index is 925. The number of carboxylic acid groups (broad SMARTS) is 1. The summed E-state index contributed by atoms with van der Waals surface area (Å²) in [6, 6.07) is 14.7. The molecule has 8 heteroatoms. The maximum Gasteiger partial charge on any atom is 0.325 e. The molecule has 0 saturated carbocycles. The molecule has 1 aliphatic heterocycles. The van der Waals surface area contributed by atoms with E-state index in [9.17, 15) is 14.4 Å². The number of amides is 2. The van der Waals surface area contributed by atoms with E-state index in [1.807, 2.05) is 42.5 Å². The molecule has 0 radical (unpaired) electrons. The lowest BCUT2D eigenvalue weighted by Crippen LogP contribution is -2.51. The van der Waals surface area contributed by atoms with Gasteiger partial charge in [-0.2, -0.15) is 0 Å². The highest BCUT2D eigenvalue weighted by molar-refractivity contribution is 5.98. The van der Waals surface area contributed by atoms with Crippen LogP contribution in [0.5, 0.6) is 0 Å². The van der Waals surface area contributed by atoms with E-state index in [0.717, 1.165) is 37.4 Å². The van der Waals surface area contributed by atoms with Crippen LogP contribution in [0.2, 0.25) is 0 Å². The number of likely N-dealkylation sites (N-methyl/N-ethyl adjacent to an activating group) is 1. The molecule has 1 heterocycles. The number of anilines is 1. The van der Waals surface area contributed by atoms with Gasteiger partial charge in [0, 0.05) is 43.9 Å². The number of carbonyl (C=O) groups is 3. The molecule has 1 fully saturated rings. The minimum absolute atomic E-state index is 0.254. The van der Waals surface area contributed by atoms with E-state index in [2.05, 4.69) is 27.5 Å². The minimum atomic E-state index is -1.14. The van der Waals surface area contributed by atoms with Crippen LogP contribution in [0.4, 0.5) is 5.69 Å². The lowest BCUT2D eigenvalue weighted by Gasteiger charge is -2.34. The van der Waals surface area contributed by atoms with Crippen molar-refractivity contribution in [2.45, 2.75) is 25.4 Å². The number of aliphatic carboxylic acids is 1. The Morgan fingerprint density at radius 1 is 0.938 bits per heavy atom. The molecule has 2 atom stereocenters. The first-order chi connectivity index (χ1) is 15.3. The molecule has 2 aromatic carbocycles. The van der Waals surface area contributed by atoms with Gasteiger partial charge < -0.3 is 25.5 Å². The predicted octanol–water partition coefficient (Wildman–Crippen LogP) is 1.37. The molecule has 170 valence electrons. The van der Waals surface area contributed by atoms with E-state index >= 15 is 0 Å². The van der Waals surface area contributed by atoms with Crippen molar-refractivity contribution in [3.05, 3.63) is 65.7 Å². The van der Waals surface area contributed by atoms with Crippen LogP contribution in [-0.4, -0.2) is 73.1 Å². The van der Waals surface area contributed by atoms with Gasteiger partial charge in [-0.25, -0.2) is 0 Å². The van der Waals surface area contributed by atoms with Crippen LogP contribution < -0.4 is 15.5 Å². The number of rotatable bonds is 8. The third-order valence-electron chi connectivity index (χ3n) is 5.63. The Kier molecular flexibility index (Phi) is 7.83. The van der Waals surface area contributed by atoms with Crippen LogP contribution in [0.3, 0.4) is 0 Å². The third-order valence-corrected chi connectivity index (χ3v) is 5.63. The van der Waals surface area contributed by atoms with Crippen molar-refractivity contribution < 1.29 is 19.5 Å². The molecule has 1 aliphatic rings. The second-order valence-corrected chi connectivity index (χ2v) is 8.12. The first-order valence-corrected chi connectivity index (χ1v) is 10.7. The molecule has 0 aromatic heterocycles. The number of nitrogens with one attached hydrogen (secondary N) is 2. The van der Waals surface area contributed by atoms with Crippen molar-refractivity contribution in [3.63, 3.8) is 0 Å². The fraction of sp³-hybridized carbons (Fsp3) is 0.375. The first kappa shape index (κ1) is 23.3. The van der Waals surface area contributed by atoms with Crippen LogP contribution in [0.25, 0.3) is 0 Å². The van der Waals surface area contributed by atoms with Crippen molar-refractivity contribution in [1.29, 1.82) is 0 Å². The van der Waals surface area contributed by atoms with Crippen molar-refractivity contribution in [2.24, 2.45) is 0 Å². The monoisotopic (exact) mass is 438 g/mol. The molecule has 8 nitrogen and oxygen atoms in total. The summed E-state index contributed by atoms with van der Waals surface area (Å²) in [5, 5.41) is 14.3. The van der Waals surface area contributed by atoms with Gasteiger partial charge in [0.2, 0.25) is 5.91 Å². The minimum Gasteiger partial charge on any atom is -0.480 e. The molecular formula is C24H30N4O4. The largest absolute Gasteiger partial charge is 0.480 e. The Hall–Kier alpha value is -3.39. The maximum atomic E-state index is 12.9. The van der Waals surface area contributed by atoms with Crippen LogP contribution >= 0.6 is 0 Å². The normalized spacial score (nSPS) is 16.1. The molecule has 2 aromatic rings. The maximum absolute atomic E-state index is 12.9. The van der Waals surface area contributed by atoms with E-state index in [1.165, 1.54) is 6.92 Å². The van der Waals surface area contributed by atoms with Gasteiger partial charge >= 0.3 is 5.97 Å².